The topological polar surface area (TPSA) is 81.5 Å². The van der Waals surface area contributed by atoms with Crippen molar-refractivity contribution >= 4 is 17.3 Å². The lowest BCUT2D eigenvalue weighted by atomic mass is 9.78. The highest BCUT2D eigenvalue weighted by molar-refractivity contribution is 6.04. The number of rotatable bonds is 7. The normalized spacial score (nSPS) is 11.0. The first-order valence-corrected chi connectivity index (χ1v) is 10.8. The first kappa shape index (κ1) is 22.7. The van der Waals surface area contributed by atoms with E-state index in [1.165, 1.54) is 35.4 Å². The first-order valence-electron chi connectivity index (χ1n) is 10.8. The maximum absolute atomic E-state index is 12.4. The van der Waals surface area contributed by atoms with Crippen LogP contribution in [-0.2, 0) is 5.41 Å². The van der Waals surface area contributed by atoms with Gasteiger partial charge in [-0.3, -0.25) is 14.9 Å². The van der Waals surface area contributed by atoms with E-state index >= 15 is 0 Å². The van der Waals surface area contributed by atoms with E-state index in [1.807, 2.05) is 30.3 Å². The molecule has 0 radical (unpaired) electrons. The molecule has 0 aromatic heterocycles. The summed E-state index contributed by atoms with van der Waals surface area (Å²) in [5.41, 5.74) is 2.95. The van der Waals surface area contributed by atoms with Gasteiger partial charge in [-0.25, -0.2) is 0 Å². The molecule has 0 fully saturated rings. The summed E-state index contributed by atoms with van der Waals surface area (Å²) in [7, 11) is 0. The Kier molecular flexibility index (Phi) is 6.41. The van der Waals surface area contributed by atoms with Crippen molar-refractivity contribution in [3.05, 3.63) is 130 Å². The maximum Gasteiger partial charge on any atom is 0.270 e. The number of benzene rings is 4. The van der Waals surface area contributed by atoms with Crippen LogP contribution < -0.4 is 10.1 Å². The lowest BCUT2D eigenvalue weighted by Crippen LogP contribution is -2.18. The zero-order valence-electron chi connectivity index (χ0n) is 18.9. The molecule has 0 saturated carbocycles. The average molecular weight is 453 g/mol. The number of hydrogen-bond acceptors (Lipinski definition) is 4. The number of ether oxygens (including phenoxy) is 1. The van der Waals surface area contributed by atoms with E-state index in [0.29, 0.717) is 17.2 Å². The molecule has 170 valence electrons. The lowest BCUT2D eigenvalue weighted by Gasteiger charge is -2.26. The van der Waals surface area contributed by atoms with Crippen LogP contribution in [0.1, 0.15) is 35.3 Å². The van der Waals surface area contributed by atoms with Gasteiger partial charge in [0.1, 0.15) is 11.5 Å². The van der Waals surface area contributed by atoms with Gasteiger partial charge in [0.15, 0.2) is 0 Å². The summed E-state index contributed by atoms with van der Waals surface area (Å²) in [6, 6.07) is 30.9. The number of anilines is 1. The van der Waals surface area contributed by atoms with Crippen LogP contribution in [0.5, 0.6) is 11.5 Å². The standard InChI is InChI=1S/C28H24N2O4/c1-28(2,21-8-4-3-5-9-21)22-11-15-25(16-12-22)34-26-17-13-23(14-18-26)29-27(31)20-7-6-10-24(19-20)30(32)33/h3-19H,1-2H3,(H,29,31). The molecule has 6 nitrogen and oxygen atoms in total. The highest BCUT2D eigenvalue weighted by atomic mass is 16.6. The summed E-state index contributed by atoms with van der Waals surface area (Å²) in [6.45, 7) is 4.39. The zero-order valence-corrected chi connectivity index (χ0v) is 18.9. The fraction of sp³-hybridized carbons (Fsp3) is 0.107. The van der Waals surface area contributed by atoms with E-state index in [2.05, 4.69) is 43.4 Å². The van der Waals surface area contributed by atoms with E-state index in [0.717, 1.165) is 0 Å². The number of nitro benzene ring substituents is 1. The number of carbonyl (C=O) groups excluding carboxylic acids is 1. The molecule has 1 amide bonds. The third kappa shape index (κ3) is 5.13. The van der Waals surface area contributed by atoms with Crippen LogP contribution in [0, 0.1) is 10.1 Å². The number of nitro groups is 1. The van der Waals surface area contributed by atoms with E-state index in [4.69, 9.17) is 4.74 Å². The number of carbonyl (C=O) groups is 1. The maximum atomic E-state index is 12.4. The van der Waals surface area contributed by atoms with Gasteiger partial charge in [-0.2, -0.15) is 0 Å². The summed E-state index contributed by atoms with van der Waals surface area (Å²) >= 11 is 0. The van der Waals surface area contributed by atoms with Crippen molar-refractivity contribution in [3.8, 4) is 11.5 Å². The second-order valence-corrected chi connectivity index (χ2v) is 8.40. The Labute approximate surface area is 198 Å². The number of nitrogens with zero attached hydrogens (tertiary/aromatic N) is 1. The Morgan fingerprint density at radius 1 is 0.794 bits per heavy atom. The molecule has 0 atom stereocenters. The molecular formula is C28H24N2O4. The first-order chi connectivity index (χ1) is 16.3. The molecular weight excluding hydrogens is 428 g/mol. The monoisotopic (exact) mass is 452 g/mol. The predicted octanol–water partition coefficient (Wildman–Crippen LogP) is 6.97. The minimum absolute atomic E-state index is 0.126. The Balaban J connectivity index is 1.40. The molecule has 6 heteroatoms. The fourth-order valence-electron chi connectivity index (χ4n) is 3.67. The molecule has 4 aromatic carbocycles. The smallest absolute Gasteiger partial charge is 0.270 e. The molecule has 0 unspecified atom stereocenters. The third-order valence-corrected chi connectivity index (χ3v) is 5.74. The molecule has 0 heterocycles. The van der Waals surface area contributed by atoms with Gasteiger partial charge < -0.3 is 10.1 Å². The van der Waals surface area contributed by atoms with E-state index in [1.54, 1.807) is 24.3 Å². The van der Waals surface area contributed by atoms with E-state index in [-0.39, 0.29) is 16.7 Å². The van der Waals surface area contributed by atoms with Crippen LogP contribution in [-0.4, -0.2) is 10.8 Å². The van der Waals surface area contributed by atoms with Crippen LogP contribution in [0.4, 0.5) is 11.4 Å². The molecule has 0 aliphatic carbocycles. The molecule has 34 heavy (non-hydrogen) atoms. The van der Waals surface area contributed by atoms with Gasteiger partial charge >= 0.3 is 0 Å². The SMILES string of the molecule is CC(C)(c1ccccc1)c1ccc(Oc2ccc(NC(=O)c3cccc([N+](=O)[O-])c3)cc2)cc1. The van der Waals surface area contributed by atoms with Crippen LogP contribution in [0.2, 0.25) is 0 Å². The van der Waals surface area contributed by atoms with Crippen molar-refractivity contribution in [1.29, 1.82) is 0 Å². The summed E-state index contributed by atoms with van der Waals surface area (Å²) in [6.07, 6.45) is 0. The molecule has 0 aliphatic rings. The summed E-state index contributed by atoms with van der Waals surface area (Å²) in [5.74, 6) is 0.915. The van der Waals surface area contributed by atoms with Crippen LogP contribution in [0.25, 0.3) is 0 Å². The van der Waals surface area contributed by atoms with Crippen molar-refractivity contribution in [2.24, 2.45) is 0 Å². The van der Waals surface area contributed by atoms with Gasteiger partial charge in [-0.1, -0.05) is 62.4 Å². The van der Waals surface area contributed by atoms with Gasteiger partial charge in [0.2, 0.25) is 0 Å². The van der Waals surface area contributed by atoms with Gasteiger partial charge in [0.25, 0.3) is 11.6 Å². The van der Waals surface area contributed by atoms with Gasteiger partial charge in [0, 0.05) is 28.8 Å². The van der Waals surface area contributed by atoms with Crippen molar-refractivity contribution in [1.82, 2.24) is 0 Å². The second kappa shape index (κ2) is 9.58. The largest absolute Gasteiger partial charge is 0.457 e. The summed E-state index contributed by atoms with van der Waals surface area (Å²) in [5, 5.41) is 13.7. The van der Waals surface area contributed by atoms with Crippen LogP contribution in [0.3, 0.4) is 0 Å². The molecule has 0 bridgehead atoms. The molecule has 4 rings (SSSR count). The zero-order chi connectivity index (χ0) is 24.1. The van der Waals surface area contributed by atoms with Crippen molar-refractivity contribution < 1.29 is 14.5 Å². The van der Waals surface area contributed by atoms with Gasteiger partial charge in [-0.05, 0) is 53.6 Å². The Morgan fingerprint density at radius 3 is 2.00 bits per heavy atom. The average Bonchev–Trinajstić information content (AvgIpc) is 2.86. The van der Waals surface area contributed by atoms with Gasteiger partial charge in [0.05, 0.1) is 4.92 Å². The predicted molar refractivity (Wildman–Crippen MR) is 133 cm³/mol. The van der Waals surface area contributed by atoms with Crippen molar-refractivity contribution in [2.75, 3.05) is 5.32 Å². The second-order valence-electron chi connectivity index (χ2n) is 8.40. The fourth-order valence-corrected chi connectivity index (χ4v) is 3.67. The molecule has 0 saturated heterocycles. The minimum atomic E-state index is -0.530. The van der Waals surface area contributed by atoms with Gasteiger partial charge in [-0.15, -0.1) is 0 Å². The van der Waals surface area contributed by atoms with Crippen molar-refractivity contribution in [2.45, 2.75) is 19.3 Å². The van der Waals surface area contributed by atoms with Crippen LogP contribution >= 0.6 is 0 Å². The van der Waals surface area contributed by atoms with Crippen LogP contribution in [0.15, 0.2) is 103 Å². The quantitative estimate of drug-likeness (QED) is 0.243. The Hall–Kier alpha value is -4.45. The third-order valence-electron chi connectivity index (χ3n) is 5.74. The lowest BCUT2D eigenvalue weighted by molar-refractivity contribution is -0.384. The number of non-ortho nitro benzene ring substituents is 1. The number of hydrogen-bond donors (Lipinski definition) is 1. The number of amides is 1. The minimum Gasteiger partial charge on any atom is -0.457 e. The summed E-state index contributed by atoms with van der Waals surface area (Å²) in [4.78, 5) is 22.8. The molecule has 0 spiro atoms. The van der Waals surface area contributed by atoms with E-state index < -0.39 is 10.8 Å². The molecule has 1 N–H and O–H groups in total. The van der Waals surface area contributed by atoms with Crippen molar-refractivity contribution in [3.63, 3.8) is 0 Å². The molecule has 0 aliphatic heterocycles. The highest BCUT2D eigenvalue weighted by Gasteiger charge is 2.22. The Morgan fingerprint density at radius 2 is 1.38 bits per heavy atom. The number of nitrogens with one attached hydrogen (secondary N) is 1. The van der Waals surface area contributed by atoms with E-state index in [9.17, 15) is 14.9 Å². The Bertz CT molecular complexity index is 1300. The highest BCUT2D eigenvalue weighted by Crippen LogP contribution is 2.33. The molecule has 4 aromatic rings. The summed E-state index contributed by atoms with van der Waals surface area (Å²) < 4.78 is 5.95.